The van der Waals surface area contributed by atoms with Crippen LogP contribution in [0.4, 0.5) is 0 Å². The minimum Gasteiger partial charge on any atom is -0.462 e. The van der Waals surface area contributed by atoms with E-state index in [1.165, 1.54) is 218 Å². The van der Waals surface area contributed by atoms with Crippen LogP contribution in [0.15, 0.2) is 24.3 Å². The fourth-order valence-electron chi connectivity index (χ4n) is 8.61. The summed E-state index contributed by atoms with van der Waals surface area (Å²) in [6.07, 6.45) is 63.0. The van der Waals surface area contributed by atoms with E-state index >= 15 is 0 Å². The van der Waals surface area contributed by atoms with Crippen LogP contribution in [0.1, 0.15) is 316 Å². The molecule has 0 bridgehead atoms. The van der Waals surface area contributed by atoms with Crippen molar-refractivity contribution in [1.29, 1.82) is 0 Å². The minimum absolute atomic E-state index is 0.0664. The van der Waals surface area contributed by atoms with Crippen LogP contribution in [0.2, 0.25) is 0 Å². The number of carbonyl (C=O) groups is 3. The maximum Gasteiger partial charge on any atom is 0.306 e. The molecule has 0 aliphatic heterocycles. The van der Waals surface area contributed by atoms with Gasteiger partial charge in [0.25, 0.3) is 0 Å². The van der Waals surface area contributed by atoms with E-state index in [1.54, 1.807) is 0 Å². The second-order valence-electron chi connectivity index (χ2n) is 19.6. The molecule has 6 heteroatoms. The lowest BCUT2D eigenvalue weighted by Gasteiger charge is -2.18. The average molecular weight is 916 g/mol. The Hall–Kier alpha value is -2.11. The topological polar surface area (TPSA) is 78.9 Å². The molecule has 0 aromatic rings. The first kappa shape index (κ1) is 62.9. The summed E-state index contributed by atoms with van der Waals surface area (Å²) in [7, 11) is 0. The third kappa shape index (κ3) is 52.7. The van der Waals surface area contributed by atoms with Gasteiger partial charge in [0, 0.05) is 19.3 Å². The highest BCUT2D eigenvalue weighted by atomic mass is 16.6. The van der Waals surface area contributed by atoms with Gasteiger partial charge in [-0.15, -0.1) is 0 Å². The standard InChI is InChI=1S/C59H110O6/c1-4-7-10-13-16-19-22-25-28-29-30-31-32-35-37-40-43-46-49-52-58(61)64-55-56(65-59(62)53-50-47-44-41-38-34-27-24-21-18-15-12-9-6-3)54-63-57(60)51-48-45-42-39-36-33-26-23-20-17-14-11-8-5-2/h16,19,22,25,56H,4-15,17-18,20-21,23-24,26-55H2,1-3H3/b19-16-,25-22-. The predicted octanol–water partition coefficient (Wildman–Crippen LogP) is 19.1. The van der Waals surface area contributed by atoms with Gasteiger partial charge in [0.1, 0.15) is 13.2 Å². The number of rotatable bonds is 53. The number of ether oxygens (including phenoxy) is 3. The van der Waals surface area contributed by atoms with E-state index < -0.39 is 6.10 Å². The van der Waals surface area contributed by atoms with E-state index in [0.717, 1.165) is 57.8 Å². The highest BCUT2D eigenvalue weighted by Crippen LogP contribution is 2.17. The molecule has 0 fully saturated rings. The first-order valence-electron chi connectivity index (χ1n) is 28.9. The quantitative estimate of drug-likeness (QED) is 0.0262. The Morgan fingerprint density at radius 2 is 0.538 bits per heavy atom. The molecule has 1 atom stereocenters. The maximum absolute atomic E-state index is 12.8. The van der Waals surface area contributed by atoms with Crippen molar-refractivity contribution in [2.24, 2.45) is 0 Å². The lowest BCUT2D eigenvalue weighted by molar-refractivity contribution is -0.167. The van der Waals surface area contributed by atoms with E-state index in [4.69, 9.17) is 14.2 Å². The van der Waals surface area contributed by atoms with Gasteiger partial charge >= 0.3 is 17.9 Å². The molecule has 0 aromatic heterocycles. The Balaban J connectivity index is 4.30. The van der Waals surface area contributed by atoms with Crippen LogP contribution >= 0.6 is 0 Å². The van der Waals surface area contributed by atoms with Gasteiger partial charge in [0.05, 0.1) is 0 Å². The van der Waals surface area contributed by atoms with E-state index in [9.17, 15) is 14.4 Å². The van der Waals surface area contributed by atoms with E-state index in [0.29, 0.717) is 19.3 Å². The maximum atomic E-state index is 12.8. The van der Waals surface area contributed by atoms with Crippen molar-refractivity contribution in [2.75, 3.05) is 13.2 Å². The van der Waals surface area contributed by atoms with Gasteiger partial charge in [-0.2, -0.15) is 0 Å². The molecule has 0 rings (SSSR count). The zero-order valence-electron chi connectivity index (χ0n) is 43.8. The molecule has 0 saturated carbocycles. The van der Waals surface area contributed by atoms with Crippen molar-refractivity contribution in [1.82, 2.24) is 0 Å². The smallest absolute Gasteiger partial charge is 0.306 e. The largest absolute Gasteiger partial charge is 0.462 e. The number of hydrogen-bond donors (Lipinski definition) is 0. The second-order valence-corrected chi connectivity index (χ2v) is 19.6. The number of unbranched alkanes of at least 4 members (excludes halogenated alkanes) is 39. The predicted molar refractivity (Wildman–Crippen MR) is 279 cm³/mol. The fourth-order valence-corrected chi connectivity index (χ4v) is 8.61. The number of hydrogen-bond acceptors (Lipinski definition) is 6. The molecule has 0 N–H and O–H groups in total. The molecular weight excluding hydrogens is 805 g/mol. The molecule has 1 unspecified atom stereocenters. The molecule has 0 heterocycles. The molecule has 0 aromatic carbocycles. The first-order valence-corrected chi connectivity index (χ1v) is 28.9. The van der Waals surface area contributed by atoms with E-state index in [1.807, 2.05) is 0 Å². The Bertz CT molecular complexity index is 1050. The van der Waals surface area contributed by atoms with Crippen LogP contribution in [0.3, 0.4) is 0 Å². The molecule has 382 valence electrons. The second kappa shape index (κ2) is 54.5. The van der Waals surface area contributed by atoms with Crippen molar-refractivity contribution in [3.63, 3.8) is 0 Å². The Labute approximate surface area is 404 Å². The third-order valence-electron chi connectivity index (χ3n) is 13.0. The summed E-state index contributed by atoms with van der Waals surface area (Å²) >= 11 is 0. The number of carbonyl (C=O) groups excluding carboxylic acids is 3. The van der Waals surface area contributed by atoms with Crippen LogP contribution in [0.5, 0.6) is 0 Å². The minimum atomic E-state index is -0.767. The number of esters is 3. The lowest BCUT2D eigenvalue weighted by atomic mass is 10.0. The van der Waals surface area contributed by atoms with Crippen molar-refractivity contribution in [3.8, 4) is 0 Å². The van der Waals surface area contributed by atoms with Gasteiger partial charge in [-0.25, -0.2) is 0 Å². The van der Waals surface area contributed by atoms with Crippen molar-refractivity contribution in [2.45, 2.75) is 322 Å². The summed E-state index contributed by atoms with van der Waals surface area (Å²) in [4.78, 5) is 38.1. The molecular formula is C59H110O6. The number of allylic oxidation sites excluding steroid dienone is 4. The SMILES string of the molecule is CCCCC/C=C\C=C/CCCCCCCCCCCCC(=O)OCC(COC(=O)CCCCCCCCCCCCCCCC)OC(=O)CCCCCCCCCCCCCCCC. The van der Waals surface area contributed by atoms with Gasteiger partial charge in [-0.3, -0.25) is 14.4 Å². The van der Waals surface area contributed by atoms with Gasteiger partial charge in [-0.05, 0) is 44.9 Å². The summed E-state index contributed by atoms with van der Waals surface area (Å²) in [5.74, 6) is -0.848. The molecule has 0 saturated heterocycles. The summed E-state index contributed by atoms with van der Waals surface area (Å²) in [6.45, 7) is 6.66. The Morgan fingerprint density at radius 1 is 0.308 bits per heavy atom. The third-order valence-corrected chi connectivity index (χ3v) is 13.0. The molecule has 0 aliphatic rings. The highest BCUT2D eigenvalue weighted by Gasteiger charge is 2.19. The van der Waals surface area contributed by atoms with Crippen LogP contribution in [-0.4, -0.2) is 37.2 Å². The molecule has 0 spiro atoms. The summed E-state index contributed by atoms with van der Waals surface area (Å²) in [6, 6.07) is 0. The van der Waals surface area contributed by atoms with Crippen LogP contribution in [0.25, 0.3) is 0 Å². The molecule has 0 amide bonds. The summed E-state index contributed by atoms with van der Waals surface area (Å²) < 4.78 is 16.9. The highest BCUT2D eigenvalue weighted by molar-refractivity contribution is 5.71. The van der Waals surface area contributed by atoms with E-state index in [-0.39, 0.29) is 31.1 Å². The zero-order chi connectivity index (χ0) is 47.2. The molecule has 65 heavy (non-hydrogen) atoms. The average Bonchev–Trinajstić information content (AvgIpc) is 3.30. The molecule has 6 nitrogen and oxygen atoms in total. The fraction of sp³-hybridized carbons (Fsp3) is 0.881. The van der Waals surface area contributed by atoms with Gasteiger partial charge in [-0.1, -0.05) is 276 Å². The zero-order valence-corrected chi connectivity index (χ0v) is 43.8. The summed E-state index contributed by atoms with van der Waals surface area (Å²) in [5, 5.41) is 0. The molecule has 0 aliphatic carbocycles. The Morgan fingerprint density at radius 3 is 0.846 bits per heavy atom. The van der Waals surface area contributed by atoms with E-state index in [2.05, 4.69) is 45.1 Å². The van der Waals surface area contributed by atoms with Gasteiger partial charge in [0.2, 0.25) is 0 Å². The summed E-state index contributed by atoms with van der Waals surface area (Å²) in [5.41, 5.74) is 0. The normalized spacial score (nSPS) is 12.1. The van der Waals surface area contributed by atoms with Crippen LogP contribution in [-0.2, 0) is 28.6 Å². The van der Waals surface area contributed by atoms with Crippen LogP contribution < -0.4 is 0 Å². The van der Waals surface area contributed by atoms with Crippen molar-refractivity contribution < 1.29 is 28.6 Å². The Kier molecular flexibility index (Phi) is 52.7. The van der Waals surface area contributed by atoms with Crippen molar-refractivity contribution in [3.05, 3.63) is 24.3 Å². The van der Waals surface area contributed by atoms with Crippen molar-refractivity contribution >= 4 is 17.9 Å². The monoisotopic (exact) mass is 915 g/mol. The van der Waals surface area contributed by atoms with Gasteiger partial charge in [0.15, 0.2) is 6.10 Å². The molecule has 0 radical (unpaired) electrons. The van der Waals surface area contributed by atoms with Crippen LogP contribution in [0, 0.1) is 0 Å². The lowest BCUT2D eigenvalue weighted by Crippen LogP contribution is -2.30. The van der Waals surface area contributed by atoms with Gasteiger partial charge < -0.3 is 14.2 Å². The first-order chi connectivity index (χ1) is 32.0.